The van der Waals surface area contributed by atoms with Crippen molar-refractivity contribution in [1.29, 1.82) is 0 Å². The van der Waals surface area contributed by atoms with E-state index in [0.29, 0.717) is 24.8 Å². The molecular formula is C22H18BrNO6. The zero-order chi connectivity index (χ0) is 21.3. The summed E-state index contributed by atoms with van der Waals surface area (Å²) in [4.78, 5) is 35.5. The van der Waals surface area contributed by atoms with Crippen LogP contribution in [0.15, 0.2) is 59.3 Å². The first-order valence-corrected chi connectivity index (χ1v) is 10.3. The van der Waals surface area contributed by atoms with E-state index >= 15 is 0 Å². The van der Waals surface area contributed by atoms with Crippen LogP contribution in [0.2, 0.25) is 0 Å². The third-order valence-corrected chi connectivity index (χ3v) is 5.98. The lowest BCUT2D eigenvalue weighted by molar-refractivity contribution is -0.384. The molecular weight excluding hydrogens is 454 g/mol. The van der Waals surface area contributed by atoms with Crippen LogP contribution >= 0.6 is 15.9 Å². The number of nitro groups is 1. The molecule has 2 aromatic rings. The lowest BCUT2D eigenvalue weighted by atomic mass is 9.78. The maximum Gasteiger partial charge on any atom is 0.338 e. The van der Waals surface area contributed by atoms with Crippen LogP contribution in [0, 0.1) is 16.0 Å². The van der Waals surface area contributed by atoms with Gasteiger partial charge in [-0.15, -0.1) is 0 Å². The van der Waals surface area contributed by atoms with Gasteiger partial charge in [0, 0.05) is 23.0 Å². The Morgan fingerprint density at radius 1 is 1.10 bits per heavy atom. The largest absolute Gasteiger partial charge is 0.496 e. The minimum atomic E-state index is -0.540. The summed E-state index contributed by atoms with van der Waals surface area (Å²) in [7, 11) is 0. The van der Waals surface area contributed by atoms with E-state index in [-0.39, 0.29) is 35.2 Å². The molecule has 4 rings (SSSR count). The van der Waals surface area contributed by atoms with E-state index < -0.39 is 10.9 Å². The van der Waals surface area contributed by atoms with Gasteiger partial charge in [-0.1, -0.05) is 28.1 Å². The number of allylic oxidation sites excluding steroid dienone is 1. The van der Waals surface area contributed by atoms with Crippen LogP contribution in [-0.4, -0.2) is 28.9 Å². The Labute approximate surface area is 181 Å². The summed E-state index contributed by atoms with van der Waals surface area (Å²) in [5, 5.41) is 10.7. The second-order valence-electron chi connectivity index (χ2n) is 7.33. The monoisotopic (exact) mass is 471 g/mol. The molecule has 0 aromatic heterocycles. The zero-order valence-electron chi connectivity index (χ0n) is 15.8. The number of non-ortho nitro benzene ring substituents is 1. The molecule has 154 valence electrons. The van der Waals surface area contributed by atoms with Gasteiger partial charge in [0.15, 0.2) is 5.78 Å². The van der Waals surface area contributed by atoms with E-state index in [2.05, 4.69) is 15.9 Å². The molecule has 0 bridgehead atoms. The van der Waals surface area contributed by atoms with Crippen LogP contribution in [0.4, 0.5) is 5.69 Å². The zero-order valence-corrected chi connectivity index (χ0v) is 17.4. The van der Waals surface area contributed by atoms with Gasteiger partial charge in [0.25, 0.3) is 5.69 Å². The fourth-order valence-corrected chi connectivity index (χ4v) is 4.11. The summed E-state index contributed by atoms with van der Waals surface area (Å²) in [5.74, 6) is -0.752. The highest BCUT2D eigenvalue weighted by atomic mass is 79.9. The van der Waals surface area contributed by atoms with Gasteiger partial charge in [-0.2, -0.15) is 0 Å². The number of nitro benzene ring substituents is 1. The Balaban J connectivity index is 1.40. The number of fused-ring (bicyclic) bond motifs is 1. The quantitative estimate of drug-likeness (QED) is 0.364. The molecule has 0 radical (unpaired) electrons. The van der Waals surface area contributed by atoms with Crippen molar-refractivity contribution in [2.24, 2.45) is 5.92 Å². The summed E-state index contributed by atoms with van der Waals surface area (Å²) < 4.78 is 12.3. The number of carbonyl (C=O) groups excluding carboxylic acids is 2. The molecule has 1 saturated carbocycles. The number of ketones is 1. The third kappa shape index (κ3) is 4.14. The van der Waals surface area contributed by atoms with Crippen molar-refractivity contribution in [2.45, 2.75) is 31.5 Å². The number of hydrogen-bond donors (Lipinski definition) is 0. The molecule has 1 fully saturated rings. The molecule has 1 aliphatic carbocycles. The molecule has 0 spiro atoms. The van der Waals surface area contributed by atoms with Gasteiger partial charge in [-0.05, 0) is 42.7 Å². The SMILES string of the molecule is O=C(OC1CCC2C(=O)C(c3ccc(Br)cc3)=COC2C1)c1ccc([N+](=O)[O-])cc1. The van der Waals surface area contributed by atoms with Crippen molar-refractivity contribution < 1.29 is 24.0 Å². The van der Waals surface area contributed by atoms with Crippen molar-refractivity contribution in [3.05, 3.63) is 80.5 Å². The first-order chi connectivity index (χ1) is 14.4. The second-order valence-corrected chi connectivity index (χ2v) is 8.24. The summed E-state index contributed by atoms with van der Waals surface area (Å²) in [6, 6.07) is 12.8. The topological polar surface area (TPSA) is 95.7 Å². The van der Waals surface area contributed by atoms with E-state index in [0.717, 1.165) is 10.0 Å². The number of carbonyl (C=O) groups is 2. The highest BCUT2D eigenvalue weighted by Gasteiger charge is 2.41. The molecule has 3 atom stereocenters. The van der Waals surface area contributed by atoms with Crippen molar-refractivity contribution in [3.8, 4) is 0 Å². The average Bonchev–Trinajstić information content (AvgIpc) is 2.75. The number of hydrogen-bond acceptors (Lipinski definition) is 6. The first kappa shape index (κ1) is 20.3. The van der Waals surface area contributed by atoms with Crippen LogP contribution < -0.4 is 0 Å². The van der Waals surface area contributed by atoms with Crippen molar-refractivity contribution in [2.75, 3.05) is 0 Å². The van der Waals surface area contributed by atoms with Crippen LogP contribution in [0.5, 0.6) is 0 Å². The number of benzene rings is 2. The number of nitrogens with zero attached hydrogens (tertiary/aromatic N) is 1. The predicted molar refractivity (Wildman–Crippen MR) is 112 cm³/mol. The van der Waals surface area contributed by atoms with Gasteiger partial charge in [0.1, 0.15) is 12.2 Å². The van der Waals surface area contributed by atoms with E-state index in [9.17, 15) is 19.7 Å². The average molecular weight is 472 g/mol. The smallest absolute Gasteiger partial charge is 0.338 e. The normalized spacial score (nSPS) is 23.0. The van der Waals surface area contributed by atoms with E-state index in [1.165, 1.54) is 30.5 Å². The Morgan fingerprint density at radius 2 is 1.80 bits per heavy atom. The highest BCUT2D eigenvalue weighted by molar-refractivity contribution is 9.10. The number of halogens is 1. The summed E-state index contributed by atoms with van der Waals surface area (Å²) in [6.07, 6.45) is 2.36. The summed E-state index contributed by atoms with van der Waals surface area (Å²) in [5.41, 5.74) is 1.54. The van der Waals surface area contributed by atoms with Crippen LogP contribution in [0.25, 0.3) is 5.57 Å². The van der Waals surface area contributed by atoms with E-state index in [1.54, 1.807) is 0 Å². The van der Waals surface area contributed by atoms with Gasteiger partial charge in [0.05, 0.1) is 28.2 Å². The molecule has 2 aromatic carbocycles. The molecule has 3 unspecified atom stereocenters. The molecule has 30 heavy (non-hydrogen) atoms. The third-order valence-electron chi connectivity index (χ3n) is 5.45. The summed E-state index contributed by atoms with van der Waals surface area (Å²) in [6.45, 7) is 0. The molecule has 8 heteroatoms. The number of rotatable bonds is 4. The van der Waals surface area contributed by atoms with E-state index in [1.807, 2.05) is 24.3 Å². The van der Waals surface area contributed by atoms with Crippen molar-refractivity contribution in [1.82, 2.24) is 0 Å². The maximum atomic E-state index is 13.0. The number of Topliss-reactive ketones (excluding diaryl/α,β-unsaturated/α-hetero) is 1. The van der Waals surface area contributed by atoms with Crippen molar-refractivity contribution >= 4 is 38.9 Å². The molecule has 1 heterocycles. The second kappa shape index (κ2) is 8.39. The summed E-state index contributed by atoms with van der Waals surface area (Å²) >= 11 is 3.39. The van der Waals surface area contributed by atoms with Crippen LogP contribution in [0.3, 0.4) is 0 Å². The highest BCUT2D eigenvalue weighted by Crippen LogP contribution is 2.37. The molecule has 1 aliphatic heterocycles. The Hall–Kier alpha value is -3.00. The minimum absolute atomic E-state index is 0.0497. The lowest BCUT2D eigenvalue weighted by Crippen LogP contribution is -2.41. The van der Waals surface area contributed by atoms with Gasteiger partial charge in [-0.3, -0.25) is 14.9 Å². The number of esters is 1. The first-order valence-electron chi connectivity index (χ1n) is 9.53. The Bertz CT molecular complexity index is 1010. The molecule has 7 nitrogen and oxygen atoms in total. The fourth-order valence-electron chi connectivity index (χ4n) is 3.84. The van der Waals surface area contributed by atoms with Gasteiger partial charge in [-0.25, -0.2) is 4.79 Å². The Kier molecular flexibility index (Phi) is 5.67. The maximum absolute atomic E-state index is 13.0. The minimum Gasteiger partial charge on any atom is -0.496 e. The lowest BCUT2D eigenvalue weighted by Gasteiger charge is -2.37. The molecule has 0 saturated heterocycles. The van der Waals surface area contributed by atoms with E-state index in [4.69, 9.17) is 9.47 Å². The molecule has 0 amide bonds. The van der Waals surface area contributed by atoms with Gasteiger partial charge in [0.2, 0.25) is 0 Å². The number of ether oxygens (including phenoxy) is 2. The van der Waals surface area contributed by atoms with Crippen LogP contribution in [0.1, 0.15) is 35.2 Å². The predicted octanol–water partition coefficient (Wildman–Crippen LogP) is 4.69. The van der Waals surface area contributed by atoms with Gasteiger partial charge < -0.3 is 9.47 Å². The van der Waals surface area contributed by atoms with Gasteiger partial charge >= 0.3 is 5.97 Å². The Morgan fingerprint density at radius 3 is 2.47 bits per heavy atom. The fraction of sp³-hybridized carbons (Fsp3) is 0.273. The molecule has 0 N–H and O–H groups in total. The van der Waals surface area contributed by atoms with Crippen LogP contribution in [-0.2, 0) is 14.3 Å². The standard InChI is InChI=1S/C22H18BrNO6/c23-15-5-1-13(2-6-15)19-12-29-20-11-17(9-10-18(20)21(19)25)30-22(26)14-3-7-16(8-4-14)24(27)28/h1-8,12,17-18,20H,9-11H2. The molecule has 2 aliphatic rings. The van der Waals surface area contributed by atoms with Crippen molar-refractivity contribution in [3.63, 3.8) is 0 Å².